The number of unbranched alkanes of at least 4 members (excludes halogenated alkanes) is 7. The molecular formula is C44H68O9. The molecule has 2 unspecified atom stereocenters. The van der Waals surface area contributed by atoms with Gasteiger partial charge in [0.2, 0.25) is 0 Å². The lowest BCUT2D eigenvalue weighted by molar-refractivity contribution is -0.146. The van der Waals surface area contributed by atoms with Crippen LogP contribution in [0.25, 0.3) is 0 Å². The van der Waals surface area contributed by atoms with E-state index < -0.39 is 0 Å². The van der Waals surface area contributed by atoms with Gasteiger partial charge in [0.1, 0.15) is 13.2 Å². The van der Waals surface area contributed by atoms with E-state index in [0.717, 1.165) is 64.2 Å². The Kier molecular flexibility index (Phi) is 29.4. The highest BCUT2D eigenvalue weighted by Gasteiger charge is 2.12. The minimum Gasteiger partial charge on any atom is -0.465 e. The quantitative estimate of drug-likeness (QED) is 0.0457. The normalized spacial score (nSPS) is 11.8. The summed E-state index contributed by atoms with van der Waals surface area (Å²) < 4.78 is 26.2. The standard InChI is InChI=1S/C26H50O4.C18H18O5/c1-5-9-17-23(7-3)21-29-25(27)19-15-13-11-12-14-16-20-26(28)30-22-24(8-4)18-10-6-2;19-17(15-7-3-1-4-8-15)22-13-11-21-12-14-23-18(20)16-9-5-2-6-10-16/h23-24H,5-22H2,1-4H3;1-10H,11-14H2. The Morgan fingerprint density at radius 1 is 0.472 bits per heavy atom. The number of benzene rings is 2. The van der Waals surface area contributed by atoms with Gasteiger partial charge >= 0.3 is 23.9 Å². The van der Waals surface area contributed by atoms with Crippen LogP contribution in [0.5, 0.6) is 0 Å². The van der Waals surface area contributed by atoms with Crippen molar-refractivity contribution < 1.29 is 42.9 Å². The van der Waals surface area contributed by atoms with Crippen LogP contribution in [0.4, 0.5) is 0 Å². The summed E-state index contributed by atoms with van der Waals surface area (Å²) in [7, 11) is 0. The summed E-state index contributed by atoms with van der Waals surface area (Å²) >= 11 is 0. The summed E-state index contributed by atoms with van der Waals surface area (Å²) in [4.78, 5) is 47.0. The van der Waals surface area contributed by atoms with Gasteiger partial charge in [-0.05, 0) is 61.8 Å². The molecule has 0 amide bonds. The number of carbonyl (C=O) groups is 4. The fourth-order valence-electron chi connectivity index (χ4n) is 5.41. The highest BCUT2D eigenvalue weighted by Crippen LogP contribution is 2.16. The Morgan fingerprint density at radius 3 is 1.21 bits per heavy atom. The van der Waals surface area contributed by atoms with Gasteiger partial charge in [0.15, 0.2) is 0 Å². The van der Waals surface area contributed by atoms with Crippen molar-refractivity contribution in [1.29, 1.82) is 0 Å². The molecule has 0 spiro atoms. The van der Waals surface area contributed by atoms with E-state index in [1.165, 1.54) is 25.7 Å². The second-order valence-electron chi connectivity index (χ2n) is 13.4. The fraction of sp³-hybridized carbons (Fsp3) is 0.636. The van der Waals surface area contributed by atoms with Crippen LogP contribution >= 0.6 is 0 Å². The maximum atomic E-state index is 11.9. The number of hydrogen-bond donors (Lipinski definition) is 0. The molecule has 9 heteroatoms. The van der Waals surface area contributed by atoms with Gasteiger partial charge in [0, 0.05) is 12.8 Å². The average molecular weight is 741 g/mol. The van der Waals surface area contributed by atoms with Crippen LogP contribution in [-0.2, 0) is 33.3 Å². The first-order valence-corrected chi connectivity index (χ1v) is 20.2. The van der Waals surface area contributed by atoms with E-state index in [4.69, 9.17) is 23.7 Å². The zero-order valence-corrected chi connectivity index (χ0v) is 33.2. The third-order valence-corrected chi connectivity index (χ3v) is 9.00. The zero-order chi connectivity index (χ0) is 38.8. The van der Waals surface area contributed by atoms with Crippen LogP contribution < -0.4 is 0 Å². The molecule has 0 aromatic heterocycles. The first kappa shape index (κ1) is 47.3. The van der Waals surface area contributed by atoms with Gasteiger partial charge in [0.25, 0.3) is 0 Å². The summed E-state index contributed by atoms with van der Waals surface area (Å²) in [6, 6.07) is 17.5. The molecule has 0 saturated heterocycles. The number of rotatable bonds is 29. The summed E-state index contributed by atoms with van der Waals surface area (Å²) in [5.41, 5.74) is 1.01. The molecule has 2 rings (SSSR count). The molecule has 0 aliphatic heterocycles. The molecule has 0 saturated carbocycles. The molecular weight excluding hydrogens is 672 g/mol. The van der Waals surface area contributed by atoms with E-state index in [2.05, 4.69) is 27.7 Å². The van der Waals surface area contributed by atoms with Crippen LogP contribution in [0.2, 0.25) is 0 Å². The molecule has 2 aromatic carbocycles. The number of hydrogen-bond acceptors (Lipinski definition) is 9. The summed E-state index contributed by atoms with van der Waals surface area (Å²) in [6.45, 7) is 10.7. The molecule has 0 N–H and O–H groups in total. The van der Waals surface area contributed by atoms with Gasteiger partial charge in [-0.3, -0.25) is 9.59 Å². The van der Waals surface area contributed by atoms with E-state index in [1.54, 1.807) is 48.5 Å². The van der Waals surface area contributed by atoms with Crippen molar-refractivity contribution >= 4 is 23.9 Å². The first-order chi connectivity index (χ1) is 25.8. The highest BCUT2D eigenvalue weighted by molar-refractivity contribution is 5.89. The maximum absolute atomic E-state index is 11.9. The van der Waals surface area contributed by atoms with Gasteiger partial charge in [-0.25, -0.2) is 9.59 Å². The van der Waals surface area contributed by atoms with Gasteiger partial charge in [-0.1, -0.05) is 128 Å². The van der Waals surface area contributed by atoms with E-state index in [9.17, 15) is 19.2 Å². The predicted octanol–water partition coefficient (Wildman–Crippen LogP) is 10.3. The first-order valence-electron chi connectivity index (χ1n) is 20.2. The van der Waals surface area contributed by atoms with Crippen molar-refractivity contribution in [2.45, 2.75) is 130 Å². The SMILES string of the molecule is CCCCC(CC)COC(=O)CCCCCCCCC(=O)OCC(CC)CCCC.O=C(OCCOCCOC(=O)c1ccccc1)c1ccccc1. The van der Waals surface area contributed by atoms with Crippen molar-refractivity contribution in [3.05, 3.63) is 71.8 Å². The van der Waals surface area contributed by atoms with Crippen LogP contribution in [-0.4, -0.2) is 63.5 Å². The topological polar surface area (TPSA) is 114 Å². The van der Waals surface area contributed by atoms with Crippen LogP contribution in [0.1, 0.15) is 151 Å². The van der Waals surface area contributed by atoms with Crippen molar-refractivity contribution in [3.8, 4) is 0 Å². The van der Waals surface area contributed by atoms with Gasteiger partial charge < -0.3 is 23.7 Å². The Morgan fingerprint density at radius 2 is 0.849 bits per heavy atom. The second-order valence-corrected chi connectivity index (χ2v) is 13.4. The molecule has 0 heterocycles. The smallest absolute Gasteiger partial charge is 0.338 e. The lowest BCUT2D eigenvalue weighted by Gasteiger charge is -2.14. The summed E-state index contributed by atoms with van der Waals surface area (Å²) in [5, 5.41) is 0. The predicted molar refractivity (Wildman–Crippen MR) is 210 cm³/mol. The minimum atomic E-state index is -0.385. The third-order valence-electron chi connectivity index (χ3n) is 9.00. The minimum absolute atomic E-state index is 0.0444. The number of carbonyl (C=O) groups excluding carboxylic acids is 4. The Bertz CT molecular complexity index is 1110. The fourth-order valence-corrected chi connectivity index (χ4v) is 5.41. The molecule has 0 radical (unpaired) electrons. The average Bonchev–Trinajstić information content (AvgIpc) is 3.19. The molecule has 53 heavy (non-hydrogen) atoms. The van der Waals surface area contributed by atoms with Gasteiger partial charge in [0.05, 0.1) is 37.6 Å². The van der Waals surface area contributed by atoms with Crippen LogP contribution in [0, 0.1) is 11.8 Å². The lowest BCUT2D eigenvalue weighted by Crippen LogP contribution is -2.14. The monoisotopic (exact) mass is 740 g/mol. The maximum Gasteiger partial charge on any atom is 0.338 e. The van der Waals surface area contributed by atoms with Crippen molar-refractivity contribution in [2.75, 3.05) is 39.6 Å². The molecule has 0 bridgehead atoms. The second kappa shape index (κ2) is 32.9. The number of ether oxygens (including phenoxy) is 5. The summed E-state index contributed by atoms with van der Waals surface area (Å²) in [5.74, 6) is 0.179. The third kappa shape index (κ3) is 25.8. The van der Waals surface area contributed by atoms with E-state index >= 15 is 0 Å². The van der Waals surface area contributed by atoms with Gasteiger partial charge in [-0.15, -0.1) is 0 Å². The molecule has 0 aliphatic rings. The molecule has 2 aromatic rings. The lowest BCUT2D eigenvalue weighted by atomic mass is 10.0. The van der Waals surface area contributed by atoms with E-state index in [1.807, 2.05) is 12.1 Å². The highest BCUT2D eigenvalue weighted by atomic mass is 16.6. The Balaban J connectivity index is 0.000000546. The summed E-state index contributed by atoms with van der Waals surface area (Å²) in [6.07, 6.45) is 16.5. The molecule has 298 valence electrons. The Labute approximate surface area is 319 Å². The molecule has 2 atom stereocenters. The molecule has 9 nitrogen and oxygen atoms in total. The van der Waals surface area contributed by atoms with Gasteiger partial charge in [-0.2, -0.15) is 0 Å². The zero-order valence-electron chi connectivity index (χ0n) is 33.2. The molecule has 0 fully saturated rings. The van der Waals surface area contributed by atoms with Crippen molar-refractivity contribution in [3.63, 3.8) is 0 Å². The van der Waals surface area contributed by atoms with E-state index in [-0.39, 0.29) is 50.3 Å². The molecule has 0 aliphatic carbocycles. The van der Waals surface area contributed by atoms with Crippen molar-refractivity contribution in [1.82, 2.24) is 0 Å². The van der Waals surface area contributed by atoms with E-state index in [0.29, 0.717) is 49.0 Å². The largest absolute Gasteiger partial charge is 0.465 e. The Hall–Kier alpha value is -3.72. The van der Waals surface area contributed by atoms with Crippen LogP contribution in [0.15, 0.2) is 60.7 Å². The van der Waals surface area contributed by atoms with Crippen molar-refractivity contribution in [2.24, 2.45) is 11.8 Å². The number of esters is 4. The van der Waals surface area contributed by atoms with Crippen LogP contribution in [0.3, 0.4) is 0 Å².